The van der Waals surface area contributed by atoms with Gasteiger partial charge in [-0.3, -0.25) is 10.1 Å². The van der Waals surface area contributed by atoms with E-state index < -0.39 is 6.03 Å². The van der Waals surface area contributed by atoms with Crippen LogP contribution in [0.2, 0.25) is 0 Å². The summed E-state index contributed by atoms with van der Waals surface area (Å²) < 4.78 is 6.42. The molecule has 0 atom stereocenters. The minimum Gasteiger partial charge on any atom is -0.493 e. The molecule has 0 unspecified atom stereocenters. The minimum atomic E-state index is -0.679. The molecule has 0 spiro atoms. The van der Waals surface area contributed by atoms with Crippen molar-refractivity contribution in [3.8, 4) is 5.75 Å². The minimum absolute atomic E-state index is 0.0141. The number of primary amides is 1. The van der Waals surface area contributed by atoms with E-state index in [1.807, 2.05) is 6.92 Å². The number of hydrogen-bond acceptors (Lipinski definition) is 5. The number of hydrogen-bond donors (Lipinski definition) is 2. The maximum Gasteiger partial charge on any atom is 0.318 e. The van der Waals surface area contributed by atoms with Crippen LogP contribution in [0.3, 0.4) is 0 Å². The second-order valence-corrected chi connectivity index (χ2v) is 5.81. The molecule has 0 fully saturated rings. The molecule has 3 N–H and O–H groups in total. The van der Waals surface area contributed by atoms with Crippen LogP contribution in [0.5, 0.6) is 5.75 Å². The number of anilines is 1. The van der Waals surface area contributed by atoms with E-state index in [0.717, 1.165) is 17.5 Å². The predicted octanol–water partition coefficient (Wildman–Crippen LogP) is 3.56. The maximum absolute atomic E-state index is 12.2. The number of benzene rings is 1. The van der Waals surface area contributed by atoms with Crippen molar-refractivity contribution in [3.05, 3.63) is 17.7 Å². The average Bonchev–Trinajstić information content (AvgIpc) is 2.87. The van der Waals surface area contributed by atoms with Gasteiger partial charge in [0.2, 0.25) is 0 Å². The summed E-state index contributed by atoms with van der Waals surface area (Å²) >= 11 is 1.23. The van der Waals surface area contributed by atoms with Gasteiger partial charge in [0.15, 0.2) is 10.9 Å². The monoisotopic (exact) mass is 321 g/mol. The van der Waals surface area contributed by atoms with Gasteiger partial charge in [0, 0.05) is 18.1 Å². The van der Waals surface area contributed by atoms with Crippen molar-refractivity contribution in [2.45, 2.75) is 33.1 Å². The first-order chi connectivity index (χ1) is 10.5. The first-order valence-electron chi connectivity index (χ1n) is 7.22. The van der Waals surface area contributed by atoms with Crippen LogP contribution in [-0.2, 0) is 0 Å². The standard InChI is InChI=1S/C15H19N3O3S/c1-3-5-6-21-9-7-10(12(19)4-2)13-11(8-9)17-15(22-13)18-14(16)20/h7-8H,3-6H2,1-2H3,(H3,16,17,18,20). The highest BCUT2D eigenvalue weighted by Gasteiger charge is 2.16. The summed E-state index contributed by atoms with van der Waals surface area (Å²) in [5.41, 5.74) is 6.30. The van der Waals surface area contributed by atoms with Crippen LogP contribution in [0.25, 0.3) is 10.2 Å². The van der Waals surface area contributed by atoms with E-state index in [0.29, 0.717) is 35.0 Å². The molecule has 0 bridgehead atoms. The van der Waals surface area contributed by atoms with Crippen molar-refractivity contribution in [3.63, 3.8) is 0 Å². The Morgan fingerprint density at radius 3 is 2.77 bits per heavy atom. The summed E-state index contributed by atoms with van der Waals surface area (Å²) in [4.78, 5) is 27.4. The Bertz CT molecular complexity index is 697. The third-order valence-electron chi connectivity index (χ3n) is 3.08. The van der Waals surface area contributed by atoms with Gasteiger partial charge < -0.3 is 10.5 Å². The van der Waals surface area contributed by atoms with Crippen molar-refractivity contribution < 1.29 is 14.3 Å². The Kier molecular flexibility index (Phi) is 5.32. The SMILES string of the molecule is CCCCOc1cc(C(=O)CC)c2sc(NC(N)=O)nc2c1. The van der Waals surface area contributed by atoms with Crippen LogP contribution in [-0.4, -0.2) is 23.4 Å². The fourth-order valence-corrected chi connectivity index (χ4v) is 2.96. The lowest BCUT2D eigenvalue weighted by molar-refractivity contribution is 0.0989. The maximum atomic E-state index is 12.2. The highest BCUT2D eigenvalue weighted by molar-refractivity contribution is 7.22. The summed E-state index contributed by atoms with van der Waals surface area (Å²) in [5, 5.41) is 2.82. The van der Waals surface area contributed by atoms with Gasteiger partial charge in [0.1, 0.15) is 5.75 Å². The fraction of sp³-hybridized carbons (Fsp3) is 0.400. The number of aromatic nitrogens is 1. The number of urea groups is 1. The third kappa shape index (κ3) is 3.73. The molecular weight excluding hydrogens is 302 g/mol. The summed E-state index contributed by atoms with van der Waals surface area (Å²) in [6, 6.07) is 2.85. The van der Waals surface area contributed by atoms with Crippen LogP contribution in [0.15, 0.2) is 12.1 Å². The number of rotatable bonds is 7. The Labute approximate surface area is 132 Å². The van der Waals surface area contributed by atoms with E-state index in [2.05, 4.69) is 17.2 Å². The van der Waals surface area contributed by atoms with Gasteiger partial charge in [-0.15, -0.1) is 0 Å². The summed E-state index contributed by atoms with van der Waals surface area (Å²) in [6.07, 6.45) is 2.37. The van der Waals surface area contributed by atoms with Crippen molar-refractivity contribution >= 4 is 38.5 Å². The van der Waals surface area contributed by atoms with Gasteiger partial charge >= 0.3 is 6.03 Å². The number of carbonyl (C=O) groups is 2. The zero-order chi connectivity index (χ0) is 16.1. The molecule has 7 heteroatoms. The zero-order valence-electron chi connectivity index (χ0n) is 12.6. The summed E-state index contributed by atoms with van der Waals surface area (Å²) in [6.45, 7) is 4.49. The Morgan fingerprint density at radius 1 is 1.36 bits per heavy atom. The van der Waals surface area contributed by atoms with Crippen molar-refractivity contribution in [1.82, 2.24) is 4.98 Å². The Morgan fingerprint density at radius 2 is 2.14 bits per heavy atom. The molecule has 2 rings (SSSR count). The predicted molar refractivity (Wildman–Crippen MR) is 87.9 cm³/mol. The lowest BCUT2D eigenvalue weighted by Crippen LogP contribution is -2.18. The van der Waals surface area contributed by atoms with E-state index >= 15 is 0 Å². The fourth-order valence-electron chi connectivity index (χ4n) is 1.98. The molecule has 1 heterocycles. The molecule has 0 radical (unpaired) electrons. The van der Waals surface area contributed by atoms with Crippen LogP contribution in [0.4, 0.5) is 9.93 Å². The summed E-state index contributed by atoms with van der Waals surface area (Å²) in [5.74, 6) is 0.633. The van der Waals surface area contributed by atoms with Crippen LogP contribution >= 0.6 is 11.3 Å². The van der Waals surface area contributed by atoms with E-state index in [-0.39, 0.29) is 5.78 Å². The van der Waals surface area contributed by atoms with Gasteiger partial charge in [-0.2, -0.15) is 0 Å². The number of nitrogens with one attached hydrogen (secondary N) is 1. The molecule has 1 aromatic heterocycles. The smallest absolute Gasteiger partial charge is 0.318 e. The Balaban J connectivity index is 2.43. The van der Waals surface area contributed by atoms with Crippen LogP contribution < -0.4 is 15.8 Å². The molecule has 0 aliphatic heterocycles. The van der Waals surface area contributed by atoms with E-state index in [4.69, 9.17) is 10.5 Å². The molecule has 1 aromatic carbocycles. The second-order valence-electron chi connectivity index (χ2n) is 4.81. The quantitative estimate of drug-likeness (QED) is 0.602. The largest absolute Gasteiger partial charge is 0.493 e. The van der Waals surface area contributed by atoms with E-state index in [1.165, 1.54) is 11.3 Å². The second kappa shape index (κ2) is 7.22. The molecular formula is C15H19N3O3S. The molecule has 118 valence electrons. The number of unbranched alkanes of at least 4 members (excludes halogenated alkanes) is 1. The molecule has 0 aliphatic rings. The highest BCUT2D eigenvalue weighted by atomic mass is 32.1. The number of thiazole rings is 1. The topological polar surface area (TPSA) is 94.3 Å². The van der Waals surface area contributed by atoms with Crippen LogP contribution in [0, 0.1) is 0 Å². The van der Waals surface area contributed by atoms with E-state index in [1.54, 1.807) is 12.1 Å². The number of ether oxygens (including phenoxy) is 1. The molecule has 0 saturated carbocycles. The zero-order valence-corrected chi connectivity index (χ0v) is 13.5. The lowest BCUT2D eigenvalue weighted by Gasteiger charge is -2.07. The molecule has 0 aliphatic carbocycles. The number of nitrogens with two attached hydrogens (primary N) is 1. The molecule has 22 heavy (non-hydrogen) atoms. The van der Waals surface area contributed by atoms with Crippen molar-refractivity contribution in [2.24, 2.45) is 5.73 Å². The van der Waals surface area contributed by atoms with Gasteiger partial charge in [0.25, 0.3) is 0 Å². The first kappa shape index (κ1) is 16.2. The molecule has 6 nitrogen and oxygen atoms in total. The van der Waals surface area contributed by atoms with Crippen LogP contribution in [0.1, 0.15) is 43.5 Å². The van der Waals surface area contributed by atoms with Crippen molar-refractivity contribution in [1.29, 1.82) is 0 Å². The number of ketones is 1. The number of amides is 2. The van der Waals surface area contributed by atoms with Gasteiger partial charge in [0.05, 0.1) is 16.8 Å². The average molecular weight is 321 g/mol. The number of nitrogens with zero attached hydrogens (tertiary/aromatic N) is 1. The van der Waals surface area contributed by atoms with Gasteiger partial charge in [-0.25, -0.2) is 9.78 Å². The van der Waals surface area contributed by atoms with Crippen molar-refractivity contribution in [2.75, 3.05) is 11.9 Å². The van der Waals surface area contributed by atoms with Gasteiger partial charge in [-0.05, 0) is 12.5 Å². The van der Waals surface area contributed by atoms with E-state index in [9.17, 15) is 9.59 Å². The summed E-state index contributed by atoms with van der Waals surface area (Å²) in [7, 11) is 0. The van der Waals surface area contributed by atoms with Gasteiger partial charge in [-0.1, -0.05) is 31.6 Å². The molecule has 2 amide bonds. The molecule has 0 saturated heterocycles. The number of carbonyl (C=O) groups excluding carboxylic acids is 2. The first-order valence-corrected chi connectivity index (χ1v) is 8.03. The molecule has 2 aromatic rings. The Hall–Kier alpha value is -2.15. The number of fused-ring (bicyclic) bond motifs is 1. The normalized spacial score (nSPS) is 10.6. The number of Topliss-reactive ketones (excluding diaryl/α,β-unsaturated/α-hetero) is 1. The third-order valence-corrected chi connectivity index (χ3v) is 4.10. The highest BCUT2D eigenvalue weighted by Crippen LogP contribution is 2.33. The lowest BCUT2D eigenvalue weighted by atomic mass is 10.1.